The molecule has 0 aliphatic carbocycles. The molecule has 2 aromatic rings. The van der Waals surface area contributed by atoms with Crippen molar-refractivity contribution < 1.29 is 9.53 Å². The van der Waals surface area contributed by atoms with Gasteiger partial charge in [-0.2, -0.15) is 0 Å². The van der Waals surface area contributed by atoms with Crippen molar-refractivity contribution in [3.05, 3.63) is 60.2 Å². The van der Waals surface area contributed by atoms with Gasteiger partial charge in [-0.1, -0.05) is 66.0 Å². The Balaban J connectivity index is 2.10. The first-order valence-electron chi connectivity index (χ1n) is 7.32. The molecule has 1 atom stereocenters. The molecule has 4 nitrogen and oxygen atoms in total. The van der Waals surface area contributed by atoms with Crippen molar-refractivity contribution in [1.82, 2.24) is 5.32 Å². The van der Waals surface area contributed by atoms with Gasteiger partial charge in [0.05, 0.1) is 6.61 Å². The van der Waals surface area contributed by atoms with Gasteiger partial charge >= 0.3 is 0 Å². The summed E-state index contributed by atoms with van der Waals surface area (Å²) >= 11 is 10.4. The molecule has 0 saturated carbocycles. The molecule has 0 aliphatic heterocycles. The Morgan fingerprint density at radius 3 is 2.25 bits per heavy atom. The number of benzene rings is 2. The number of nitrogens with one attached hydrogen (secondary N) is 2. The average molecular weight is 521 g/mol. The molecule has 7 heteroatoms. The smallest absolute Gasteiger partial charge is 0.252 e. The lowest BCUT2D eigenvalue weighted by Crippen LogP contribution is -2.48. The minimum atomic E-state index is -0.712. The van der Waals surface area contributed by atoms with Crippen molar-refractivity contribution in [3.8, 4) is 5.75 Å². The molecule has 1 amide bonds. The number of carbonyl (C=O) groups excluding carboxylic acids is 1. The second-order valence-corrected chi connectivity index (χ2v) is 11.9. The Hall–Kier alpha value is -1.05. The van der Waals surface area contributed by atoms with Gasteiger partial charge in [0.25, 0.3) is 5.91 Å². The van der Waals surface area contributed by atoms with E-state index in [0.29, 0.717) is 12.2 Å². The molecule has 0 heterocycles. The summed E-state index contributed by atoms with van der Waals surface area (Å²) in [7, 11) is 0. The van der Waals surface area contributed by atoms with Gasteiger partial charge in [0.1, 0.15) is 11.9 Å². The van der Waals surface area contributed by atoms with Gasteiger partial charge < -0.3 is 15.4 Å². The first kappa shape index (κ1) is 19.3. The highest BCUT2D eigenvalue weighted by molar-refractivity contribution is 9.39. The van der Waals surface area contributed by atoms with Crippen LogP contribution in [0.2, 0.25) is 0 Å². The largest absolute Gasteiger partial charge is 0.494 e. The van der Waals surface area contributed by atoms with Crippen molar-refractivity contribution in [2.24, 2.45) is 0 Å². The zero-order chi connectivity index (χ0) is 17.6. The number of halogens is 3. The number of anilines is 1. The fourth-order valence-corrected chi connectivity index (χ4v) is 2.67. The van der Waals surface area contributed by atoms with E-state index in [2.05, 4.69) is 58.4 Å². The van der Waals surface area contributed by atoms with Crippen molar-refractivity contribution in [2.75, 3.05) is 11.9 Å². The number of carbonyl (C=O) groups is 1. The van der Waals surface area contributed by atoms with Gasteiger partial charge in [-0.15, -0.1) is 0 Å². The standard InChI is InChI=1S/C17H17Br3N2O2/c1-2-24-14-10-8-13(9-11-14)21-16(17(18,19)20)22-15(23)12-6-4-3-5-7-12/h3-11,16,21H,2H2,1H3,(H,22,23). The van der Waals surface area contributed by atoms with Crippen LogP contribution in [0.25, 0.3) is 0 Å². The van der Waals surface area contributed by atoms with Gasteiger partial charge in [0.2, 0.25) is 0 Å². The lowest BCUT2D eigenvalue weighted by Gasteiger charge is -2.28. The van der Waals surface area contributed by atoms with Crippen LogP contribution in [-0.4, -0.2) is 20.8 Å². The molecule has 1 unspecified atom stereocenters. The Morgan fingerprint density at radius 2 is 1.71 bits per heavy atom. The molecule has 0 aliphatic rings. The van der Waals surface area contributed by atoms with Gasteiger partial charge in [-0.3, -0.25) is 4.79 Å². The van der Waals surface area contributed by atoms with Crippen molar-refractivity contribution >= 4 is 59.4 Å². The van der Waals surface area contributed by atoms with E-state index < -0.39 is 8.31 Å². The van der Waals surface area contributed by atoms with E-state index in [0.717, 1.165) is 11.4 Å². The van der Waals surface area contributed by atoms with Crippen LogP contribution in [-0.2, 0) is 0 Å². The monoisotopic (exact) mass is 518 g/mol. The third-order valence-electron chi connectivity index (χ3n) is 3.12. The maximum atomic E-state index is 12.4. The molecule has 2 rings (SSSR count). The van der Waals surface area contributed by atoms with Crippen LogP contribution in [0.1, 0.15) is 17.3 Å². The number of ether oxygens (including phenoxy) is 1. The van der Waals surface area contributed by atoms with Crippen LogP contribution in [0.5, 0.6) is 5.75 Å². The van der Waals surface area contributed by atoms with Crippen molar-refractivity contribution in [1.29, 1.82) is 0 Å². The van der Waals surface area contributed by atoms with E-state index in [1.165, 1.54) is 0 Å². The zero-order valence-corrected chi connectivity index (χ0v) is 17.7. The summed E-state index contributed by atoms with van der Waals surface area (Å²) in [6.07, 6.45) is -0.455. The summed E-state index contributed by atoms with van der Waals surface area (Å²) in [4.78, 5) is 12.4. The van der Waals surface area contributed by atoms with Crippen LogP contribution in [0.4, 0.5) is 5.69 Å². The fourth-order valence-electron chi connectivity index (χ4n) is 1.98. The van der Waals surface area contributed by atoms with Crippen LogP contribution < -0.4 is 15.4 Å². The quantitative estimate of drug-likeness (QED) is 0.412. The van der Waals surface area contributed by atoms with E-state index in [-0.39, 0.29) is 5.91 Å². The topological polar surface area (TPSA) is 50.4 Å². The van der Waals surface area contributed by atoms with Gasteiger partial charge in [-0.05, 0) is 43.3 Å². The summed E-state index contributed by atoms with van der Waals surface area (Å²) < 4.78 is 4.72. The Labute approximate surface area is 166 Å². The normalized spacial score (nSPS) is 12.3. The molecule has 0 bridgehead atoms. The Bertz CT molecular complexity index is 658. The van der Waals surface area contributed by atoms with Crippen molar-refractivity contribution in [3.63, 3.8) is 0 Å². The van der Waals surface area contributed by atoms with Crippen LogP contribution >= 0.6 is 47.8 Å². The number of alkyl halides is 3. The van der Waals surface area contributed by atoms with E-state index in [1.54, 1.807) is 12.1 Å². The molecule has 0 fully saturated rings. The number of rotatable bonds is 6. The molecule has 24 heavy (non-hydrogen) atoms. The van der Waals surface area contributed by atoms with E-state index in [4.69, 9.17) is 4.74 Å². The van der Waals surface area contributed by atoms with Gasteiger partial charge in [0, 0.05) is 11.3 Å². The summed E-state index contributed by atoms with van der Waals surface area (Å²) in [5.74, 6) is 0.623. The van der Waals surface area contributed by atoms with E-state index >= 15 is 0 Å². The van der Waals surface area contributed by atoms with Crippen molar-refractivity contribution in [2.45, 2.75) is 15.2 Å². The predicted molar refractivity (Wildman–Crippen MR) is 108 cm³/mol. The minimum Gasteiger partial charge on any atom is -0.494 e. The summed E-state index contributed by atoms with van der Waals surface area (Å²) in [6, 6.07) is 16.6. The SMILES string of the molecule is CCOc1ccc(NC(NC(=O)c2ccccc2)C(Br)(Br)Br)cc1. The molecule has 0 radical (unpaired) electrons. The second-order valence-electron chi connectivity index (χ2n) is 4.92. The maximum Gasteiger partial charge on any atom is 0.252 e. The first-order valence-corrected chi connectivity index (χ1v) is 9.70. The minimum absolute atomic E-state index is 0.179. The number of hydrogen-bond acceptors (Lipinski definition) is 3. The Morgan fingerprint density at radius 1 is 1.08 bits per heavy atom. The molecule has 128 valence electrons. The lowest BCUT2D eigenvalue weighted by molar-refractivity contribution is 0.0943. The first-order chi connectivity index (χ1) is 11.4. The molecule has 2 aromatic carbocycles. The van der Waals surface area contributed by atoms with E-state index in [9.17, 15) is 4.79 Å². The van der Waals surface area contributed by atoms with Gasteiger partial charge in [0.15, 0.2) is 2.14 Å². The van der Waals surface area contributed by atoms with Crippen LogP contribution in [0, 0.1) is 0 Å². The van der Waals surface area contributed by atoms with Crippen LogP contribution in [0.15, 0.2) is 54.6 Å². The van der Waals surface area contributed by atoms with Gasteiger partial charge in [-0.25, -0.2) is 0 Å². The third-order valence-corrected chi connectivity index (χ3v) is 4.49. The third kappa shape index (κ3) is 5.79. The predicted octanol–water partition coefficient (Wildman–Crippen LogP) is 5.09. The van der Waals surface area contributed by atoms with Crippen LogP contribution in [0.3, 0.4) is 0 Å². The zero-order valence-electron chi connectivity index (χ0n) is 12.9. The number of hydrogen-bond donors (Lipinski definition) is 2. The summed E-state index contributed by atoms with van der Waals surface area (Å²) in [5.41, 5.74) is 1.44. The fraction of sp³-hybridized carbons (Fsp3) is 0.235. The lowest BCUT2D eigenvalue weighted by atomic mass is 10.2. The Kier molecular flexibility index (Phi) is 7.13. The molecular weight excluding hydrogens is 504 g/mol. The molecule has 0 aromatic heterocycles. The highest BCUT2D eigenvalue weighted by Gasteiger charge is 2.32. The second kappa shape index (κ2) is 8.87. The highest BCUT2D eigenvalue weighted by Crippen LogP contribution is 2.37. The highest BCUT2D eigenvalue weighted by atomic mass is 80.0. The van der Waals surface area contributed by atoms with E-state index in [1.807, 2.05) is 49.4 Å². The molecular formula is C17H17Br3N2O2. The average Bonchev–Trinajstić information content (AvgIpc) is 2.56. The molecule has 0 spiro atoms. The maximum absolute atomic E-state index is 12.4. The number of amides is 1. The molecule has 2 N–H and O–H groups in total. The molecule has 0 saturated heterocycles. The summed E-state index contributed by atoms with van der Waals surface area (Å²) in [5, 5.41) is 6.20. The summed E-state index contributed by atoms with van der Waals surface area (Å²) in [6.45, 7) is 2.56.